The molecule has 1 N–H and O–H groups in total. The van der Waals surface area contributed by atoms with Gasteiger partial charge in [-0.25, -0.2) is 4.68 Å². The van der Waals surface area contributed by atoms with Crippen molar-refractivity contribution in [2.75, 3.05) is 0 Å². The maximum atomic E-state index is 10.7. The van der Waals surface area contributed by atoms with Gasteiger partial charge < -0.3 is 5.11 Å². The average Bonchev–Trinajstić information content (AvgIpc) is 2.77. The molecule has 2 aromatic rings. The fraction of sp³-hybridized carbons (Fsp3) is 0.273. The first-order valence-electron chi connectivity index (χ1n) is 5.38. The monoisotopic (exact) mass is 326 g/mol. The molecule has 0 spiro atoms. The van der Waals surface area contributed by atoms with Gasteiger partial charge in [0.25, 0.3) is 5.69 Å². The molecule has 0 atom stereocenters. The van der Waals surface area contributed by atoms with Crippen LogP contribution in [0.15, 0.2) is 28.9 Å². The largest absolute Gasteiger partial charge is 0.384 e. The molecular formula is C11H11BrN4O3. The molecule has 0 bridgehead atoms. The number of halogens is 1. The van der Waals surface area contributed by atoms with Crippen LogP contribution >= 0.6 is 15.9 Å². The molecule has 0 aliphatic carbocycles. The van der Waals surface area contributed by atoms with Crippen LogP contribution in [0, 0.1) is 10.1 Å². The predicted octanol–water partition coefficient (Wildman–Crippen LogP) is 2.17. The zero-order chi connectivity index (χ0) is 14.2. The Bertz CT molecular complexity index is 633. The van der Waals surface area contributed by atoms with Gasteiger partial charge >= 0.3 is 0 Å². The standard InChI is InChI=1S/C11H11BrN4O3/c1-11(2,17)10-6-15(14-13-10)9-4-3-7(16(18)19)5-8(9)12/h3-6,17H,1-2H3. The minimum absolute atomic E-state index is 0.0153. The second kappa shape index (κ2) is 4.71. The normalized spacial score (nSPS) is 11.6. The smallest absolute Gasteiger partial charge is 0.270 e. The van der Waals surface area contributed by atoms with E-state index in [1.54, 1.807) is 26.1 Å². The van der Waals surface area contributed by atoms with Gasteiger partial charge in [0.05, 0.1) is 21.3 Å². The third-order valence-electron chi connectivity index (χ3n) is 2.51. The van der Waals surface area contributed by atoms with Gasteiger partial charge in [-0.2, -0.15) is 0 Å². The van der Waals surface area contributed by atoms with E-state index in [0.29, 0.717) is 15.9 Å². The van der Waals surface area contributed by atoms with Crippen molar-refractivity contribution in [3.63, 3.8) is 0 Å². The summed E-state index contributed by atoms with van der Waals surface area (Å²) >= 11 is 3.26. The molecule has 1 aromatic carbocycles. The molecule has 0 radical (unpaired) electrons. The molecule has 0 amide bonds. The highest BCUT2D eigenvalue weighted by atomic mass is 79.9. The SMILES string of the molecule is CC(C)(O)c1cn(-c2ccc([N+](=O)[O-])cc2Br)nn1. The minimum atomic E-state index is -1.09. The van der Waals surface area contributed by atoms with Crippen LogP contribution in [-0.2, 0) is 5.60 Å². The quantitative estimate of drug-likeness (QED) is 0.689. The minimum Gasteiger partial charge on any atom is -0.384 e. The van der Waals surface area contributed by atoms with Crippen molar-refractivity contribution in [2.45, 2.75) is 19.4 Å². The number of hydrogen-bond acceptors (Lipinski definition) is 5. The first kappa shape index (κ1) is 13.6. The van der Waals surface area contributed by atoms with Crippen LogP contribution < -0.4 is 0 Å². The van der Waals surface area contributed by atoms with E-state index in [1.807, 2.05) is 0 Å². The highest BCUT2D eigenvalue weighted by Gasteiger charge is 2.21. The molecule has 8 heteroatoms. The molecule has 1 aromatic heterocycles. The first-order chi connectivity index (χ1) is 8.79. The maximum Gasteiger partial charge on any atom is 0.270 e. The van der Waals surface area contributed by atoms with Crippen molar-refractivity contribution in [1.82, 2.24) is 15.0 Å². The van der Waals surface area contributed by atoms with E-state index in [1.165, 1.54) is 16.8 Å². The Balaban J connectivity index is 2.43. The van der Waals surface area contributed by atoms with E-state index < -0.39 is 10.5 Å². The van der Waals surface area contributed by atoms with Crippen LogP contribution in [0.4, 0.5) is 5.69 Å². The summed E-state index contributed by atoms with van der Waals surface area (Å²) in [5.41, 5.74) is -0.0873. The van der Waals surface area contributed by atoms with Gasteiger partial charge in [0, 0.05) is 12.1 Å². The number of rotatable bonds is 3. The fourth-order valence-electron chi connectivity index (χ4n) is 1.46. The summed E-state index contributed by atoms with van der Waals surface area (Å²) in [5, 5.41) is 28.2. The molecule has 0 fully saturated rings. The Labute approximate surface area is 117 Å². The van der Waals surface area contributed by atoms with Crippen LogP contribution in [0.2, 0.25) is 0 Å². The summed E-state index contributed by atoms with van der Waals surface area (Å²) in [5.74, 6) is 0. The Morgan fingerprint density at radius 3 is 2.63 bits per heavy atom. The first-order valence-corrected chi connectivity index (χ1v) is 6.18. The summed E-state index contributed by atoms with van der Waals surface area (Å²) in [6.07, 6.45) is 1.58. The highest BCUT2D eigenvalue weighted by Crippen LogP contribution is 2.26. The van der Waals surface area contributed by atoms with Crippen molar-refractivity contribution in [3.8, 4) is 5.69 Å². The summed E-state index contributed by atoms with van der Waals surface area (Å²) in [6.45, 7) is 3.21. The number of hydrogen-bond donors (Lipinski definition) is 1. The molecule has 19 heavy (non-hydrogen) atoms. The zero-order valence-electron chi connectivity index (χ0n) is 10.2. The Morgan fingerprint density at radius 1 is 1.47 bits per heavy atom. The molecule has 100 valence electrons. The van der Waals surface area contributed by atoms with Crippen LogP contribution in [-0.4, -0.2) is 25.0 Å². The molecule has 2 rings (SSSR count). The van der Waals surface area contributed by atoms with Crippen LogP contribution in [0.1, 0.15) is 19.5 Å². The van der Waals surface area contributed by atoms with E-state index in [9.17, 15) is 15.2 Å². The second-order valence-electron chi connectivity index (χ2n) is 4.50. The van der Waals surface area contributed by atoms with E-state index in [2.05, 4.69) is 26.2 Å². The van der Waals surface area contributed by atoms with E-state index >= 15 is 0 Å². The van der Waals surface area contributed by atoms with Gasteiger partial charge in [-0.1, -0.05) is 5.21 Å². The number of non-ortho nitro benzene ring substituents is 1. The molecule has 1 heterocycles. The van der Waals surface area contributed by atoms with Crippen molar-refractivity contribution in [1.29, 1.82) is 0 Å². The van der Waals surface area contributed by atoms with Crippen molar-refractivity contribution >= 4 is 21.6 Å². The van der Waals surface area contributed by atoms with Gasteiger partial charge in [0.15, 0.2) is 0 Å². The topological polar surface area (TPSA) is 94.1 Å². The maximum absolute atomic E-state index is 10.7. The molecule has 0 unspecified atom stereocenters. The van der Waals surface area contributed by atoms with Gasteiger partial charge in [-0.3, -0.25) is 10.1 Å². The summed E-state index contributed by atoms with van der Waals surface area (Å²) in [4.78, 5) is 10.2. The highest BCUT2D eigenvalue weighted by molar-refractivity contribution is 9.10. The molecular weight excluding hydrogens is 316 g/mol. The van der Waals surface area contributed by atoms with Crippen molar-refractivity contribution in [2.24, 2.45) is 0 Å². The van der Waals surface area contributed by atoms with Crippen LogP contribution in [0.3, 0.4) is 0 Å². The van der Waals surface area contributed by atoms with Gasteiger partial charge in [-0.15, -0.1) is 5.10 Å². The third-order valence-corrected chi connectivity index (χ3v) is 3.14. The van der Waals surface area contributed by atoms with Crippen LogP contribution in [0.5, 0.6) is 0 Å². The summed E-state index contributed by atoms with van der Waals surface area (Å²) in [6, 6.07) is 4.33. The van der Waals surface area contributed by atoms with Crippen molar-refractivity contribution < 1.29 is 10.0 Å². The summed E-state index contributed by atoms with van der Waals surface area (Å²) in [7, 11) is 0. The number of aliphatic hydroxyl groups is 1. The third kappa shape index (κ3) is 2.79. The van der Waals surface area contributed by atoms with Gasteiger partial charge in [-0.05, 0) is 35.8 Å². The van der Waals surface area contributed by atoms with E-state index in [0.717, 1.165) is 0 Å². The lowest BCUT2D eigenvalue weighted by molar-refractivity contribution is -0.384. The number of nitrogens with zero attached hydrogens (tertiary/aromatic N) is 4. The Hall–Kier alpha value is -1.80. The van der Waals surface area contributed by atoms with Crippen molar-refractivity contribution in [3.05, 3.63) is 44.7 Å². The molecule has 7 nitrogen and oxygen atoms in total. The Kier molecular flexibility index (Phi) is 3.38. The fourth-order valence-corrected chi connectivity index (χ4v) is 2.01. The lowest BCUT2D eigenvalue weighted by atomic mass is 10.1. The number of nitro groups is 1. The molecule has 0 aliphatic rings. The summed E-state index contributed by atoms with van der Waals surface area (Å²) < 4.78 is 1.97. The molecule has 0 saturated heterocycles. The lowest BCUT2D eigenvalue weighted by Crippen LogP contribution is -2.15. The van der Waals surface area contributed by atoms with E-state index in [-0.39, 0.29) is 5.69 Å². The molecule has 0 saturated carbocycles. The number of aromatic nitrogens is 3. The molecule has 0 aliphatic heterocycles. The number of nitro benzene ring substituents is 1. The second-order valence-corrected chi connectivity index (χ2v) is 5.35. The average molecular weight is 327 g/mol. The van der Waals surface area contributed by atoms with Gasteiger partial charge in [0.1, 0.15) is 11.3 Å². The predicted molar refractivity (Wildman–Crippen MR) is 71.0 cm³/mol. The van der Waals surface area contributed by atoms with Crippen LogP contribution in [0.25, 0.3) is 5.69 Å². The Morgan fingerprint density at radius 2 is 2.16 bits per heavy atom. The lowest BCUT2D eigenvalue weighted by Gasteiger charge is -2.11. The van der Waals surface area contributed by atoms with E-state index in [4.69, 9.17) is 0 Å². The zero-order valence-corrected chi connectivity index (χ0v) is 11.8. The van der Waals surface area contributed by atoms with Gasteiger partial charge in [0.2, 0.25) is 0 Å². The number of benzene rings is 1.